The van der Waals surface area contributed by atoms with E-state index in [4.69, 9.17) is 14.6 Å². The van der Waals surface area contributed by atoms with E-state index in [0.29, 0.717) is 30.6 Å². The van der Waals surface area contributed by atoms with Crippen LogP contribution in [0.15, 0.2) is 29.5 Å². The van der Waals surface area contributed by atoms with E-state index in [2.05, 4.69) is 46.8 Å². The molecule has 2 aromatic heterocycles. The van der Waals surface area contributed by atoms with Crippen LogP contribution in [0.25, 0.3) is 5.57 Å². The molecule has 9 nitrogen and oxygen atoms in total. The van der Waals surface area contributed by atoms with E-state index >= 15 is 0 Å². The Morgan fingerprint density at radius 1 is 1.28 bits per heavy atom. The number of thiazole rings is 1. The number of ether oxygens (including phenoxy) is 2. The monoisotopic (exact) mass is 514 g/mol. The third-order valence-corrected chi connectivity index (χ3v) is 8.67. The van der Waals surface area contributed by atoms with Gasteiger partial charge < -0.3 is 24.8 Å². The van der Waals surface area contributed by atoms with Crippen LogP contribution in [0.2, 0.25) is 0 Å². The Kier molecular flexibility index (Phi) is 6.99. The van der Waals surface area contributed by atoms with Crippen molar-refractivity contribution in [1.29, 1.82) is 0 Å². The Balaban J connectivity index is 1.35. The molecule has 1 saturated carbocycles. The molecule has 3 heterocycles. The molecule has 5 atom stereocenters. The van der Waals surface area contributed by atoms with Gasteiger partial charge in [0.1, 0.15) is 23.3 Å². The van der Waals surface area contributed by atoms with Crippen molar-refractivity contribution in [2.45, 2.75) is 70.9 Å². The number of rotatable bonds is 7. The number of hydrogen-bond donors (Lipinski definition) is 3. The van der Waals surface area contributed by atoms with Gasteiger partial charge in [0.2, 0.25) is 5.88 Å². The van der Waals surface area contributed by atoms with Crippen molar-refractivity contribution in [2.24, 2.45) is 22.2 Å². The summed E-state index contributed by atoms with van der Waals surface area (Å²) in [6.07, 6.45) is 8.46. The number of epoxide rings is 1. The van der Waals surface area contributed by atoms with Crippen molar-refractivity contribution in [1.82, 2.24) is 15.0 Å². The fraction of sp³-hybridized carbons (Fsp3) is 0.615. The minimum atomic E-state index is -0.983. The van der Waals surface area contributed by atoms with Crippen LogP contribution in [0.3, 0.4) is 0 Å². The zero-order valence-corrected chi connectivity index (χ0v) is 21.7. The molecule has 0 spiro atoms. The SMILES string of the molecule is CC1CC(c2cnc(C3(O)CCC(C4OC4O)C(C)(C)C3)s2)=CC(=Nc2nccc(OCCO)n2)C1. The summed E-state index contributed by atoms with van der Waals surface area (Å²) in [7, 11) is 0. The molecule has 10 heteroatoms. The Morgan fingerprint density at radius 3 is 2.81 bits per heavy atom. The molecular weight excluding hydrogens is 480 g/mol. The summed E-state index contributed by atoms with van der Waals surface area (Å²) in [5.41, 5.74) is 0.884. The molecule has 0 amide bonds. The van der Waals surface area contributed by atoms with Gasteiger partial charge in [0.05, 0.1) is 11.5 Å². The van der Waals surface area contributed by atoms with Crippen molar-refractivity contribution < 1.29 is 24.8 Å². The van der Waals surface area contributed by atoms with Gasteiger partial charge in [-0.25, -0.2) is 15.0 Å². The fourth-order valence-electron chi connectivity index (χ4n) is 5.72. The first-order valence-corrected chi connectivity index (χ1v) is 13.4. The fourth-order valence-corrected chi connectivity index (χ4v) is 6.77. The predicted octanol–water partition coefficient (Wildman–Crippen LogP) is 3.62. The maximum atomic E-state index is 11.6. The molecule has 3 N–H and O–H groups in total. The lowest BCUT2D eigenvalue weighted by molar-refractivity contribution is -0.0755. The van der Waals surface area contributed by atoms with Gasteiger partial charge in [-0.3, -0.25) is 0 Å². The van der Waals surface area contributed by atoms with Crippen LogP contribution < -0.4 is 4.74 Å². The third kappa shape index (κ3) is 5.38. The number of hydrogen-bond acceptors (Lipinski definition) is 10. The van der Waals surface area contributed by atoms with E-state index in [-0.39, 0.29) is 30.7 Å². The Labute approximate surface area is 215 Å². The van der Waals surface area contributed by atoms with Crippen LogP contribution in [0, 0.1) is 17.3 Å². The minimum Gasteiger partial charge on any atom is -0.475 e. The Hall–Kier alpha value is -2.24. The molecule has 5 unspecified atom stereocenters. The van der Waals surface area contributed by atoms with Crippen molar-refractivity contribution in [3.63, 3.8) is 0 Å². The summed E-state index contributed by atoms with van der Waals surface area (Å²) in [5, 5.41) is 31.1. The lowest BCUT2D eigenvalue weighted by Gasteiger charge is -2.45. The molecule has 1 saturated heterocycles. The van der Waals surface area contributed by atoms with Crippen LogP contribution in [0.5, 0.6) is 5.88 Å². The number of nitrogens with zero attached hydrogens (tertiary/aromatic N) is 4. The van der Waals surface area contributed by atoms with Crippen LogP contribution in [0.4, 0.5) is 5.95 Å². The van der Waals surface area contributed by atoms with Gasteiger partial charge in [-0.2, -0.15) is 4.98 Å². The largest absolute Gasteiger partial charge is 0.475 e. The maximum Gasteiger partial charge on any atom is 0.252 e. The molecule has 3 aliphatic rings. The van der Waals surface area contributed by atoms with Crippen molar-refractivity contribution in [2.75, 3.05) is 13.2 Å². The molecule has 1 aliphatic heterocycles. The number of aliphatic hydroxyl groups excluding tert-OH is 2. The smallest absolute Gasteiger partial charge is 0.252 e. The molecule has 0 aromatic carbocycles. The molecular formula is C26H34N4O5S. The summed E-state index contributed by atoms with van der Waals surface area (Å²) in [4.78, 5) is 18.9. The van der Waals surface area contributed by atoms with Gasteiger partial charge in [0.25, 0.3) is 5.95 Å². The summed E-state index contributed by atoms with van der Waals surface area (Å²) < 4.78 is 10.7. The zero-order valence-electron chi connectivity index (χ0n) is 20.9. The molecule has 2 aliphatic carbocycles. The first-order valence-electron chi connectivity index (χ1n) is 12.5. The van der Waals surface area contributed by atoms with Gasteiger partial charge in [-0.15, -0.1) is 11.3 Å². The topological polar surface area (TPSA) is 133 Å². The van der Waals surface area contributed by atoms with E-state index < -0.39 is 11.9 Å². The van der Waals surface area contributed by atoms with Crippen molar-refractivity contribution in [3.8, 4) is 5.88 Å². The first kappa shape index (κ1) is 25.4. The van der Waals surface area contributed by atoms with Gasteiger partial charge in [-0.1, -0.05) is 20.8 Å². The average Bonchev–Trinajstić information content (AvgIpc) is 3.30. The number of allylic oxidation sites excluding steroid dienone is 2. The van der Waals surface area contributed by atoms with E-state index in [9.17, 15) is 10.2 Å². The number of aliphatic hydroxyl groups is 3. The lowest BCUT2D eigenvalue weighted by atomic mass is 9.62. The van der Waals surface area contributed by atoms with Gasteiger partial charge in [-0.05, 0) is 61.0 Å². The van der Waals surface area contributed by atoms with Gasteiger partial charge in [0.15, 0.2) is 6.29 Å². The van der Waals surface area contributed by atoms with E-state index in [1.165, 1.54) is 0 Å². The highest BCUT2D eigenvalue weighted by molar-refractivity contribution is 7.12. The van der Waals surface area contributed by atoms with Crippen LogP contribution in [-0.4, -0.2) is 61.6 Å². The summed E-state index contributed by atoms with van der Waals surface area (Å²) >= 11 is 1.55. The molecule has 0 radical (unpaired) electrons. The highest BCUT2D eigenvalue weighted by Gasteiger charge is 2.55. The summed E-state index contributed by atoms with van der Waals surface area (Å²) in [5.74, 6) is 1.33. The highest BCUT2D eigenvalue weighted by atomic mass is 32.1. The van der Waals surface area contributed by atoms with E-state index in [1.54, 1.807) is 23.6 Å². The lowest BCUT2D eigenvalue weighted by Crippen LogP contribution is -2.44. The highest BCUT2D eigenvalue weighted by Crippen LogP contribution is 2.54. The van der Waals surface area contributed by atoms with Crippen LogP contribution in [-0.2, 0) is 10.3 Å². The number of aliphatic imine (C=N–C) groups is 1. The second-order valence-corrected chi connectivity index (χ2v) is 11.9. The molecule has 194 valence electrons. The van der Waals surface area contributed by atoms with Crippen molar-refractivity contribution >= 4 is 28.6 Å². The summed E-state index contributed by atoms with van der Waals surface area (Å²) in [6, 6.07) is 1.64. The second kappa shape index (κ2) is 9.90. The minimum absolute atomic E-state index is 0.0838. The third-order valence-electron chi connectivity index (χ3n) is 7.41. The second-order valence-electron chi connectivity index (χ2n) is 10.9. The van der Waals surface area contributed by atoms with Crippen LogP contribution in [0.1, 0.15) is 62.8 Å². The van der Waals surface area contributed by atoms with Gasteiger partial charge >= 0.3 is 0 Å². The molecule has 2 aromatic rings. The number of aromatic nitrogens is 3. The average molecular weight is 515 g/mol. The normalized spacial score (nSPS) is 32.8. The first-order chi connectivity index (χ1) is 17.2. The molecule has 36 heavy (non-hydrogen) atoms. The summed E-state index contributed by atoms with van der Waals surface area (Å²) in [6.45, 7) is 6.56. The van der Waals surface area contributed by atoms with Gasteiger partial charge in [0, 0.05) is 24.2 Å². The molecule has 2 fully saturated rings. The quantitative estimate of drug-likeness (QED) is 0.477. The standard InChI is InChI=1S/C26H34N4O5S/c1-15-10-16(12-17(11-15)29-24-27-7-5-20(30-24)34-9-8-31)19-13-28-23(36-19)26(33)6-4-18(21-22(32)35-21)25(2,3)14-26/h5,7,12-13,15,18,21-22,31-33H,4,6,8-11,14H2,1-3H3. The van der Waals surface area contributed by atoms with Crippen molar-refractivity contribution in [3.05, 3.63) is 34.4 Å². The Morgan fingerprint density at radius 2 is 2.08 bits per heavy atom. The van der Waals surface area contributed by atoms with Crippen LogP contribution >= 0.6 is 11.3 Å². The van der Waals surface area contributed by atoms with E-state index in [0.717, 1.165) is 40.4 Å². The van der Waals surface area contributed by atoms with E-state index in [1.807, 2.05) is 6.20 Å². The predicted molar refractivity (Wildman–Crippen MR) is 136 cm³/mol. The maximum absolute atomic E-state index is 11.6. The molecule has 0 bridgehead atoms. The molecule has 5 rings (SSSR count). The Bertz CT molecular complexity index is 1160. The zero-order chi connectivity index (χ0) is 25.5.